The van der Waals surface area contributed by atoms with E-state index in [1.54, 1.807) is 15.9 Å². The first-order valence-corrected chi connectivity index (χ1v) is 12.0. The third-order valence-corrected chi connectivity index (χ3v) is 6.18. The zero-order chi connectivity index (χ0) is 25.5. The molecule has 1 atom stereocenters. The summed E-state index contributed by atoms with van der Waals surface area (Å²) in [5.74, 6) is -0.388. The van der Waals surface area contributed by atoms with Crippen LogP contribution in [0.4, 0.5) is 4.39 Å². The van der Waals surface area contributed by atoms with Crippen molar-refractivity contribution in [2.24, 2.45) is 0 Å². The molecule has 1 unspecified atom stereocenters. The lowest BCUT2D eigenvalue weighted by Gasteiger charge is -2.31. The molecular formula is C26H30FN5O4. The van der Waals surface area contributed by atoms with Gasteiger partial charge in [-0.2, -0.15) is 0 Å². The van der Waals surface area contributed by atoms with Gasteiger partial charge in [0, 0.05) is 33.1 Å². The van der Waals surface area contributed by atoms with Gasteiger partial charge in [0.25, 0.3) is 0 Å². The number of nitrogens with one attached hydrogen (secondary N) is 2. The topological polar surface area (TPSA) is 108 Å². The number of imidazole rings is 1. The zero-order valence-corrected chi connectivity index (χ0v) is 20.2. The van der Waals surface area contributed by atoms with E-state index in [2.05, 4.69) is 15.3 Å². The van der Waals surface area contributed by atoms with Crippen molar-refractivity contribution >= 4 is 28.8 Å². The Morgan fingerprint density at radius 2 is 1.94 bits per heavy atom. The predicted molar refractivity (Wildman–Crippen MR) is 131 cm³/mol. The van der Waals surface area contributed by atoms with Crippen LogP contribution in [0.1, 0.15) is 37.2 Å². The van der Waals surface area contributed by atoms with E-state index in [0.717, 1.165) is 5.56 Å². The number of halogens is 1. The summed E-state index contributed by atoms with van der Waals surface area (Å²) in [5.41, 5.74) is 2.08. The van der Waals surface area contributed by atoms with E-state index in [1.807, 2.05) is 30.3 Å². The van der Waals surface area contributed by atoms with Gasteiger partial charge in [-0.15, -0.1) is 0 Å². The van der Waals surface area contributed by atoms with Crippen molar-refractivity contribution in [2.75, 3.05) is 32.8 Å². The lowest BCUT2D eigenvalue weighted by molar-refractivity contribution is -0.137. The van der Waals surface area contributed by atoms with Crippen molar-refractivity contribution in [3.63, 3.8) is 0 Å². The molecule has 1 saturated heterocycles. The van der Waals surface area contributed by atoms with Gasteiger partial charge in [-0.25, -0.2) is 9.37 Å². The monoisotopic (exact) mass is 495 g/mol. The Bertz CT molecular complexity index is 1220. The number of ether oxygens (including phenoxy) is 1. The standard InChI is InChI=1S/C26H30FN5O4/c1-18(33)32-12-5-11-31(13-10-28-25(34)15-23(32)19-6-3-2-4-7-19)26(35)17-36-16-24-29-21-9-8-20(27)14-22(21)30-24/h2-4,6-9,14,23H,5,10-13,15-17H2,1H3,(H,28,34)(H,29,30). The van der Waals surface area contributed by atoms with Gasteiger partial charge in [0.05, 0.1) is 23.5 Å². The number of rotatable bonds is 5. The Labute approximate surface area is 208 Å². The molecule has 2 heterocycles. The average Bonchev–Trinajstić information content (AvgIpc) is 3.24. The van der Waals surface area contributed by atoms with Crippen LogP contribution in [0.2, 0.25) is 0 Å². The fraction of sp³-hybridized carbons (Fsp3) is 0.385. The third-order valence-electron chi connectivity index (χ3n) is 6.18. The second-order valence-electron chi connectivity index (χ2n) is 8.77. The van der Waals surface area contributed by atoms with Crippen molar-refractivity contribution < 1.29 is 23.5 Å². The van der Waals surface area contributed by atoms with Crippen molar-refractivity contribution in [1.82, 2.24) is 25.1 Å². The molecule has 0 saturated carbocycles. The normalized spacial score (nSPS) is 17.5. The maximum absolute atomic E-state index is 13.4. The number of aromatic amines is 1. The van der Waals surface area contributed by atoms with Crippen LogP contribution in [0.15, 0.2) is 48.5 Å². The summed E-state index contributed by atoms with van der Waals surface area (Å²) in [6, 6.07) is 13.4. The number of benzene rings is 2. The summed E-state index contributed by atoms with van der Waals surface area (Å²) in [4.78, 5) is 48.6. The Morgan fingerprint density at radius 3 is 2.72 bits per heavy atom. The van der Waals surface area contributed by atoms with E-state index < -0.39 is 0 Å². The van der Waals surface area contributed by atoms with Crippen molar-refractivity contribution in [1.29, 1.82) is 0 Å². The van der Waals surface area contributed by atoms with E-state index >= 15 is 0 Å². The Kier molecular flexibility index (Phi) is 8.27. The molecule has 0 bridgehead atoms. The molecule has 0 spiro atoms. The number of carbonyl (C=O) groups excluding carboxylic acids is 3. The lowest BCUT2D eigenvalue weighted by atomic mass is 10.0. The number of hydrogen-bond donors (Lipinski definition) is 2. The van der Waals surface area contributed by atoms with E-state index in [1.165, 1.54) is 19.1 Å². The van der Waals surface area contributed by atoms with Crippen molar-refractivity contribution in [3.05, 3.63) is 65.7 Å². The van der Waals surface area contributed by atoms with Gasteiger partial charge in [0.1, 0.15) is 24.9 Å². The number of aromatic nitrogens is 2. The lowest BCUT2D eigenvalue weighted by Crippen LogP contribution is -2.40. The van der Waals surface area contributed by atoms with Crippen LogP contribution in [0.5, 0.6) is 0 Å². The van der Waals surface area contributed by atoms with Gasteiger partial charge in [0.2, 0.25) is 17.7 Å². The minimum Gasteiger partial charge on any atom is -0.364 e. The first-order valence-electron chi connectivity index (χ1n) is 12.0. The average molecular weight is 496 g/mol. The predicted octanol–water partition coefficient (Wildman–Crippen LogP) is 2.55. The molecule has 36 heavy (non-hydrogen) atoms. The molecule has 1 fully saturated rings. The molecule has 1 aliphatic rings. The van der Waals surface area contributed by atoms with Crippen LogP contribution in [-0.4, -0.2) is 70.3 Å². The van der Waals surface area contributed by atoms with Gasteiger partial charge in [-0.3, -0.25) is 14.4 Å². The molecular weight excluding hydrogens is 465 g/mol. The van der Waals surface area contributed by atoms with Gasteiger partial charge in [0.15, 0.2) is 0 Å². The van der Waals surface area contributed by atoms with Crippen LogP contribution in [0.25, 0.3) is 11.0 Å². The van der Waals surface area contributed by atoms with Gasteiger partial charge in [-0.1, -0.05) is 30.3 Å². The molecule has 3 aromatic rings. The molecule has 1 aliphatic heterocycles. The fourth-order valence-corrected chi connectivity index (χ4v) is 4.42. The van der Waals surface area contributed by atoms with E-state index in [0.29, 0.717) is 49.5 Å². The van der Waals surface area contributed by atoms with Crippen molar-refractivity contribution in [2.45, 2.75) is 32.4 Å². The number of nitrogens with zero attached hydrogens (tertiary/aromatic N) is 3. The van der Waals surface area contributed by atoms with Gasteiger partial charge in [-0.05, 0) is 30.2 Å². The van der Waals surface area contributed by atoms with Crippen LogP contribution in [0, 0.1) is 5.82 Å². The van der Waals surface area contributed by atoms with E-state index in [9.17, 15) is 18.8 Å². The summed E-state index contributed by atoms with van der Waals surface area (Å²) in [5, 5.41) is 2.87. The maximum atomic E-state index is 13.4. The highest BCUT2D eigenvalue weighted by molar-refractivity contribution is 5.80. The molecule has 1 aromatic heterocycles. The molecule has 0 aliphatic carbocycles. The highest BCUT2D eigenvalue weighted by atomic mass is 19.1. The summed E-state index contributed by atoms with van der Waals surface area (Å²) in [6.45, 7) is 2.90. The molecule has 2 aromatic carbocycles. The summed E-state index contributed by atoms with van der Waals surface area (Å²) in [6.07, 6.45) is 0.722. The van der Waals surface area contributed by atoms with Crippen LogP contribution < -0.4 is 5.32 Å². The summed E-state index contributed by atoms with van der Waals surface area (Å²) in [7, 11) is 0. The zero-order valence-electron chi connectivity index (χ0n) is 20.2. The Balaban J connectivity index is 1.37. The smallest absolute Gasteiger partial charge is 0.248 e. The highest BCUT2D eigenvalue weighted by Crippen LogP contribution is 2.25. The minimum atomic E-state index is -0.369. The molecule has 3 amide bonds. The van der Waals surface area contributed by atoms with Gasteiger partial charge >= 0.3 is 0 Å². The highest BCUT2D eigenvalue weighted by Gasteiger charge is 2.26. The summed E-state index contributed by atoms with van der Waals surface area (Å²) < 4.78 is 18.9. The Hall–Kier alpha value is -3.79. The van der Waals surface area contributed by atoms with E-state index in [-0.39, 0.29) is 49.2 Å². The minimum absolute atomic E-state index is 0.0729. The first kappa shape index (κ1) is 25.3. The quantitative estimate of drug-likeness (QED) is 0.566. The largest absolute Gasteiger partial charge is 0.364 e. The van der Waals surface area contributed by atoms with Gasteiger partial charge < -0.3 is 24.8 Å². The SMILES string of the molecule is CC(=O)N1CCCN(C(=O)COCc2nc3ccc(F)cc3[nH]2)CCNC(=O)CC1c1ccccc1. The van der Waals surface area contributed by atoms with Crippen LogP contribution in [0.3, 0.4) is 0 Å². The number of fused-ring (bicyclic) bond motifs is 1. The fourth-order valence-electron chi connectivity index (χ4n) is 4.42. The second kappa shape index (κ2) is 11.8. The number of hydrogen-bond acceptors (Lipinski definition) is 5. The van der Waals surface area contributed by atoms with E-state index in [4.69, 9.17) is 4.74 Å². The third kappa shape index (κ3) is 6.45. The maximum Gasteiger partial charge on any atom is 0.248 e. The molecule has 10 heteroatoms. The van der Waals surface area contributed by atoms with Crippen LogP contribution >= 0.6 is 0 Å². The molecule has 190 valence electrons. The first-order chi connectivity index (χ1) is 17.4. The number of carbonyl (C=O) groups is 3. The Morgan fingerprint density at radius 1 is 1.14 bits per heavy atom. The summed E-state index contributed by atoms with van der Waals surface area (Å²) >= 11 is 0. The molecule has 9 nitrogen and oxygen atoms in total. The number of amides is 3. The molecule has 0 radical (unpaired) electrons. The molecule has 2 N–H and O–H groups in total. The second-order valence-corrected chi connectivity index (χ2v) is 8.77. The molecule has 4 rings (SSSR count). The number of H-pyrrole nitrogens is 1. The van der Waals surface area contributed by atoms with Crippen LogP contribution in [-0.2, 0) is 25.7 Å². The van der Waals surface area contributed by atoms with Crippen molar-refractivity contribution in [3.8, 4) is 0 Å².